The van der Waals surface area contributed by atoms with E-state index in [1.165, 1.54) is 0 Å². The van der Waals surface area contributed by atoms with Crippen LogP contribution in [0.15, 0.2) is 6.07 Å². The van der Waals surface area contributed by atoms with E-state index >= 15 is 0 Å². The van der Waals surface area contributed by atoms with Crippen LogP contribution >= 0.6 is 0 Å². The van der Waals surface area contributed by atoms with Crippen LogP contribution in [0.4, 0.5) is 0 Å². The Balaban J connectivity index is 1.58. The molecule has 23 heavy (non-hydrogen) atoms. The fourth-order valence-corrected chi connectivity index (χ4v) is 3.26. The molecule has 0 radical (unpaired) electrons. The van der Waals surface area contributed by atoms with Crippen LogP contribution in [0.25, 0.3) is 0 Å². The van der Waals surface area contributed by atoms with Gasteiger partial charge < -0.3 is 14.9 Å². The predicted molar refractivity (Wildman–Crippen MR) is 86.8 cm³/mol. The predicted octanol–water partition coefficient (Wildman–Crippen LogP) is -0.0839. The molecule has 1 N–H and O–H groups in total. The molecule has 0 spiro atoms. The van der Waals surface area contributed by atoms with Crippen LogP contribution in [0, 0.1) is 0 Å². The van der Waals surface area contributed by atoms with Gasteiger partial charge in [-0.1, -0.05) is 0 Å². The molecule has 3 heterocycles. The number of hydrogen-bond donors (Lipinski definition) is 1. The molecular weight excluding hydrogens is 294 g/mol. The summed E-state index contributed by atoms with van der Waals surface area (Å²) in [6.45, 7) is 8.30. The highest BCUT2D eigenvalue weighted by atomic mass is 16.3. The van der Waals surface area contributed by atoms with Crippen molar-refractivity contribution in [3.05, 3.63) is 17.5 Å². The minimum atomic E-state index is -0.564. The Kier molecular flexibility index (Phi) is 4.99. The summed E-state index contributed by atoms with van der Waals surface area (Å²) >= 11 is 0. The lowest BCUT2D eigenvalue weighted by molar-refractivity contribution is -0.133. The van der Waals surface area contributed by atoms with E-state index in [2.05, 4.69) is 21.9 Å². The summed E-state index contributed by atoms with van der Waals surface area (Å²) in [5, 5.41) is 14.0. The molecule has 7 nitrogen and oxygen atoms in total. The van der Waals surface area contributed by atoms with Crippen molar-refractivity contribution >= 4 is 5.91 Å². The molecule has 7 heteroatoms. The molecule has 3 rings (SSSR count). The number of carbonyl (C=O) groups excluding carboxylic acids is 1. The summed E-state index contributed by atoms with van der Waals surface area (Å²) in [5.41, 5.74) is 1.70. The zero-order chi connectivity index (χ0) is 16.4. The van der Waals surface area contributed by atoms with Gasteiger partial charge in [-0.15, -0.1) is 0 Å². The van der Waals surface area contributed by atoms with Crippen molar-refractivity contribution in [3.8, 4) is 0 Å². The van der Waals surface area contributed by atoms with Crippen LogP contribution in [-0.2, 0) is 17.9 Å². The quantitative estimate of drug-likeness (QED) is 0.843. The average molecular weight is 321 g/mol. The first-order chi connectivity index (χ1) is 11.0. The zero-order valence-corrected chi connectivity index (χ0v) is 14.1. The molecule has 2 aliphatic rings. The van der Waals surface area contributed by atoms with Crippen LogP contribution in [0.5, 0.6) is 0 Å². The van der Waals surface area contributed by atoms with Crippen molar-refractivity contribution in [1.82, 2.24) is 24.5 Å². The van der Waals surface area contributed by atoms with Gasteiger partial charge in [-0.25, -0.2) is 0 Å². The number of likely N-dealkylation sites (N-methyl/N-ethyl adjacent to an activating group) is 1. The summed E-state index contributed by atoms with van der Waals surface area (Å²) in [7, 11) is 2.14. The van der Waals surface area contributed by atoms with Gasteiger partial charge in [0.2, 0.25) is 5.91 Å². The van der Waals surface area contributed by atoms with E-state index in [0.717, 1.165) is 38.3 Å². The van der Waals surface area contributed by atoms with Gasteiger partial charge in [0, 0.05) is 19.6 Å². The second kappa shape index (κ2) is 6.98. The highest BCUT2D eigenvalue weighted by Crippen LogP contribution is 2.18. The van der Waals surface area contributed by atoms with Gasteiger partial charge in [0.1, 0.15) is 0 Å². The van der Waals surface area contributed by atoms with E-state index in [0.29, 0.717) is 31.9 Å². The fraction of sp³-hybridized carbons (Fsp3) is 0.750. The van der Waals surface area contributed by atoms with Gasteiger partial charge in [-0.3, -0.25) is 14.4 Å². The molecule has 0 unspecified atom stereocenters. The summed E-state index contributed by atoms with van der Waals surface area (Å²) in [6.07, 6.45) is 0.556. The fourth-order valence-electron chi connectivity index (χ4n) is 3.26. The summed E-state index contributed by atoms with van der Waals surface area (Å²) in [6, 6.07) is 1.91. The van der Waals surface area contributed by atoms with Crippen LogP contribution in [0.2, 0.25) is 0 Å². The number of nitrogens with zero attached hydrogens (tertiary/aromatic N) is 5. The van der Waals surface area contributed by atoms with Gasteiger partial charge in [0.15, 0.2) is 0 Å². The smallest absolute Gasteiger partial charge is 0.237 e. The maximum absolute atomic E-state index is 12.6. The van der Waals surface area contributed by atoms with E-state index in [1.807, 2.05) is 15.6 Å². The first-order valence-electron chi connectivity index (χ1n) is 8.46. The molecule has 1 atom stereocenters. The van der Waals surface area contributed by atoms with Gasteiger partial charge in [0.25, 0.3) is 0 Å². The van der Waals surface area contributed by atoms with Gasteiger partial charge >= 0.3 is 0 Å². The molecule has 1 amide bonds. The summed E-state index contributed by atoms with van der Waals surface area (Å²) in [5.74, 6) is 0.195. The highest BCUT2D eigenvalue weighted by Gasteiger charge is 2.25. The van der Waals surface area contributed by atoms with Crippen molar-refractivity contribution in [3.63, 3.8) is 0 Å². The molecule has 1 fully saturated rings. The Morgan fingerprint density at radius 1 is 1.26 bits per heavy atom. The van der Waals surface area contributed by atoms with Crippen molar-refractivity contribution in [1.29, 1.82) is 0 Å². The van der Waals surface area contributed by atoms with Crippen molar-refractivity contribution in [2.45, 2.75) is 32.5 Å². The second-order valence-corrected chi connectivity index (χ2v) is 6.71. The zero-order valence-electron chi connectivity index (χ0n) is 14.1. The Labute approximate surface area is 137 Å². The van der Waals surface area contributed by atoms with Crippen LogP contribution in [0.3, 0.4) is 0 Å². The molecule has 0 aromatic carbocycles. The van der Waals surface area contributed by atoms with Crippen LogP contribution < -0.4 is 0 Å². The molecule has 0 aliphatic carbocycles. The number of aliphatic hydroxyl groups excluding tert-OH is 1. The monoisotopic (exact) mass is 321 g/mol. The highest BCUT2D eigenvalue weighted by molar-refractivity contribution is 5.78. The summed E-state index contributed by atoms with van der Waals surface area (Å²) < 4.78 is 1.91. The normalized spacial score (nSPS) is 21.8. The van der Waals surface area contributed by atoms with Crippen LogP contribution in [-0.4, -0.2) is 81.8 Å². The summed E-state index contributed by atoms with van der Waals surface area (Å²) in [4.78, 5) is 19.1. The number of carbonyl (C=O) groups is 1. The van der Waals surface area contributed by atoms with Crippen molar-refractivity contribution in [2.75, 3.05) is 46.3 Å². The molecule has 1 aromatic heterocycles. The van der Waals surface area contributed by atoms with Gasteiger partial charge in [-0.2, -0.15) is 5.10 Å². The number of aromatic nitrogens is 2. The number of fused-ring (bicyclic) bond motifs is 1. The van der Waals surface area contributed by atoms with E-state index < -0.39 is 6.10 Å². The van der Waals surface area contributed by atoms with E-state index in [9.17, 15) is 9.90 Å². The van der Waals surface area contributed by atoms with Gasteiger partial charge in [0.05, 0.1) is 37.1 Å². The molecule has 128 valence electrons. The number of hydrogen-bond acceptors (Lipinski definition) is 5. The standard InChI is InChI=1S/C16H27N5O2/c1-13(22)15-10-14-11-20(8-9-21(14)17-15)16(23)12-19-5-3-4-18(2)6-7-19/h10,13,22H,3-9,11-12H2,1-2H3/t13-/m1/s1. The third-order valence-electron chi connectivity index (χ3n) is 4.77. The van der Waals surface area contributed by atoms with E-state index in [-0.39, 0.29) is 5.91 Å². The maximum atomic E-state index is 12.6. The molecule has 0 saturated carbocycles. The third kappa shape index (κ3) is 3.91. The Morgan fingerprint density at radius 2 is 2.09 bits per heavy atom. The molecule has 0 bridgehead atoms. The Hall–Kier alpha value is -1.44. The van der Waals surface area contributed by atoms with Crippen LogP contribution in [0.1, 0.15) is 30.8 Å². The Bertz CT molecular complexity index is 557. The third-order valence-corrected chi connectivity index (χ3v) is 4.77. The van der Waals surface area contributed by atoms with E-state index in [1.54, 1.807) is 6.92 Å². The topological polar surface area (TPSA) is 64.8 Å². The minimum absolute atomic E-state index is 0.195. The lowest BCUT2D eigenvalue weighted by Crippen LogP contribution is -2.44. The first-order valence-corrected chi connectivity index (χ1v) is 8.46. The lowest BCUT2D eigenvalue weighted by atomic mass is 10.2. The SMILES string of the molecule is C[C@@H](O)c1cc2n(n1)CCN(C(=O)CN1CCCN(C)CC1)C2. The molecular formula is C16H27N5O2. The van der Waals surface area contributed by atoms with E-state index in [4.69, 9.17) is 0 Å². The number of aliphatic hydroxyl groups is 1. The Morgan fingerprint density at radius 3 is 2.87 bits per heavy atom. The van der Waals surface area contributed by atoms with Crippen molar-refractivity contribution < 1.29 is 9.90 Å². The minimum Gasteiger partial charge on any atom is -0.387 e. The number of amides is 1. The molecule has 1 aromatic rings. The number of rotatable bonds is 3. The second-order valence-electron chi connectivity index (χ2n) is 6.71. The lowest BCUT2D eigenvalue weighted by Gasteiger charge is -2.30. The maximum Gasteiger partial charge on any atom is 0.237 e. The largest absolute Gasteiger partial charge is 0.387 e. The van der Waals surface area contributed by atoms with Crippen molar-refractivity contribution in [2.24, 2.45) is 0 Å². The molecule has 1 saturated heterocycles. The molecule has 2 aliphatic heterocycles. The van der Waals surface area contributed by atoms with Gasteiger partial charge in [-0.05, 0) is 39.5 Å². The first kappa shape index (κ1) is 16.4. The average Bonchev–Trinajstić information content (AvgIpc) is 2.85.